The van der Waals surface area contributed by atoms with E-state index in [4.69, 9.17) is 11.6 Å². The molecule has 104 valence electrons. The lowest BCUT2D eigenvalue weighted by molar-refractivity contribution is 0.0784. The van der Waals surface area contributed by atoms with Crippen molar-refractivity contribution in [3.8, 4) is 0 Å². The molecule has 0 saturated carbocycles. The van der Waals surface area contributed by atoms with Crippen LogP contribution in [0.15, 0.2) is 12.1 Å². The first-order valence-electron chi connectivity index (χ1n) is 6.85. The average Bonchev–Trinajstić information content (AvgIpc) is 2.68. The minimum atomic E-state index is 0.0717. The van der Waals surface area contributed by atoms with Crippen LogP contribution in [0.5, 0.6) is 0 Å². The molecule has 2 atom stereocenters. The Bertz CT molecular complexity index is 477. The Morgan fingerprint density at radius 3 is 2.42 bits per heavy atom. The Kier molecular flexibility index (Phi) is 4.14. The third kappa shape index (κ3) is 3.08. The molecule has 2 rings (SSSR count). The topological polar surface area (TPSA) is 33.2 Å². The van der Waals surface area contributed by atoms with Crippen LogP contribution in [0.1, 0.15) is 49.7 Å². The molecule has 0 aromatic carbocycles. The molecule has 1 aromatic heterocycles. The molecule has 3 nitrogen and oxygen atoms in total. The van der Waals surface area contributed by atoms with E-state index in [2.05, 4.69) is 18.8 Å². The third-order valence-electron chi connectivity index (χ3n) is 3.93. The molecule has 0 radical (unpaired) electrons. The molecule has 4 heteroatoms. The van der Waals surface area contributed by atoms with Gasteiger partial charge in [-0.05, 0) is 29.9 Å². The second-order valence-corrected chi connectivity index (χ2v) is 6.31. The van der Waals surface area contributed by atoms with Crippen LogP contribution in [0.25, 0.3) is 0 Å². The van der Waals surface area contributed by atoms with Gasteiger partial charge in [-0.2, -0.15) is 0 Å². The van der Waals surface area contributed by atoms with Gasteiger partial charge in [0.15, 0.2) is 0 Å². The van der Waals surface area contributed by atoms with Crippen molar-refractivity contribution in [3.63, 3.8) is 0 Å². The number of carbonyl (C=O) groups excluding carboxylic acids is 1. The van der Waals surface area contributed by atoms with E-state index >= 15 is 0 Å². The highest BCUT2D eigenvalue weighted by Gasteiger charge is 2.30. The average molecular weight is 281 g/mol. The van der Waals surface area contributed by atoms with E-state index in [0.717, 1.165) is 18.8 Å². The fraction of sp³-hybridized carbons (Fsp3) is 0.600. The molecule has 2 heterocycles. The molecule has 1 aliphatic heterocycles. The first kappa shape index (κ1) is 14.3. The van der Waals surface area contributed by atoms with Crippen LogP contribution < -0.4 is 0 Å². The van der Waals surface area contributed by atoms with Gasteiger partial charge < -0.3 is 4.90 Å². The number of rotatable bonds is 2. The minimum Gasteiger partial charge on any atom is -0.338 e. The van der Waals surface area contributed by atoms with Gasteiger partial charge in [0.2, 0.25) is 0 Å². The Morgan fingerprint density at radius 1 is 1.32 bits per heavy atom. The van der Waals surface area contributed by atoms with Crippen molar-refractivity contribution < 1.29 is 4.79 Å². The summed E-state index contributed by atoms with van der Waals surface area (Å²) in [6, 6.07) is 3.54. The first-order chi connectivity index (χ1) is 8.88. The number of nitrogens with zero attached hydrogens (tertiary/aromatic N) is 2. The normalized spacial score (nSPS) is 23.2. The molecule has 0 N–H and O–H groups in total. The predicted molar refractivity (Wildman–Crippen MR) is 77.6 cm³/mol. The number of hydrogen-bond donors (Lipinski definition) is 0. The minimum absolute atomic E-state index is 0.0717. The maximum Gasteiger partial charge on any atom is 0.254 e. The van der Waals surface area contributed by atoms with E-state index in [1.165, 1.54) is 0 Å². The summed E-state index contributed by atoms with van der Waals surface area (Å²) in [5, 5.41) is 0.398. The van der Waals surface area contributed by atoms with Crippen LogP contribution in [0.4, 0.5) is 0 Å². The summed E-state index contributed by atoms with van der Waals surface area (Å²) in [7, 11) is 0. The van der Waals surface area contributed by atoms with E-state index in [0.29, 0.717) is 22.6 Å². The van der Waals surface area contributed by atoms with E-state index < -0.39 is 0 Å². The molecule has 1 fully saturated rings. The van der Waals surface area contributed by atoms with Gasteiger partial charge in [0, 0.05) is 24.3 Å². The van der Waals surface area contributed by atoms with Crippen molar-refractivity contribution >= 4 is 17.5 Å². The highest BCUT2D eigenvalue weighted by molar-refractivity contribution is 6.29. The standard InChI is InChI=1S/C15H21ClN2O/c1-9(2)13-5-12(6-14(16)17-13)15(19)18-7-10(3)11(4)8-18/h5-6,9-11H,7-8H2,1-4H3. The highest BCUT2D eigenvalue weighted by atomic mass is 35.5. The lowest BCUT2D eigenvalue weighted by Gasteiger charge is -2.17. The second-order valence-electron chi connectivity index (χ2n) is 5.92. The Balaban J connectivity index is 2.24. The molecule has 1 aliphatic rings. The zero-order chi connectivity index (χ0) is 14.2. The summed E-state index contributed by atoms with van der Waals surface area (Å²) in [6.45, 7) is 10.1. The fourth-order valence-corrected chi connectivity index (χ4v) is 2.63. The van der Waals surface area contributed by atoms with Crippen molar-refractivity contribution in [2.45, 2.75) is 33.6 Å². The van der Waals surface area contributed by atoms with Crippen LogP contribution in [0.3, 0.4) is 0 Å². The maximum atomic E-state index is 12.5. The van der Waals surface area contributed by atoms with Gasteiger partial charge in [-0.25, -0.2) is 4.98 Å². The molecule has 1 saturated heterocycles. The van der Waals surface area contributed by atoms with Crippen molar-refractivity contribution in [2.24, 2.45) is 11.8 Å². The van der Waals surface area contributed by atoms with Crippen LogP contribution >= 0.6 is 11.6 Å². The number of aromatic nitrogens is 1. The predicted octanol–water partition coefficient (Wildman–Crippen LogP) is 3.59. The monoisotopic (exact) mass is 280 g/mol. The molecule has 0 spiro atoms. The van der Waals surface area contributed by atoms with Gasteiger partial charge in [0.1, 0.15) is 5.15 Å². The highest BCUT2D eigenvalue weighted by Crippen LogP contribution is 2.25. The SMILES string of the molecule is CC(C)c1cc(C(=O)N2CC(C)C(C)C2)cc(Cl)n1. The molecule has 1 amide bonds. The van der Waals surface area contributed by atoms with Crippen LogP contribution in [0, 0.1) is 11.8 Å². The van der Waals surface area contributed by atoms with Crippen molar-refractivity contribution in [1.29, 1.82) is 0 Å². The van der Waals surface area contributed by atoms with Gasteiger partial charge >= 0.3 is 0 Å². The lowest BCUT2D eigenvalue weighted by atomic mass is 10.0. The van der Waals surface area contributed by atoms with Crippen molar-refractivity contribution in [1.82, 2.24) is 9.88 Å². The zero-order valence-electron chi connectivity index (χ0n) is 12.0. The maximum absolute atomic E-state index is 12.5. The van der Waals surface area contributed by atoms with E-state index in [-0.39, 0.29) is 11.8 Å². The van der Waals surface area contributed by atoms with Gasteiger partial charge in [0.25, 0.3) is 5.91 Å². The van der Waals surface area contributed by atoms with Crippen molar-refractivity contribution in [3.05, 3.63) is 28.5 Å². The summed E-state index contributed by atoms with van der Waals surface area (Å²) in [5.74, 6) is 1.46. The number of halogens is 1. The van der Waals surface area contributed by atoms with E-state index in [1.54, 1.807) is 6.07 Å². The third-order valence-corrected chi connectivity index (χ3v) is 4.12. The number of likely N-dealkylation sites (tertiary alicyclic amines) is 1. The molecule has 1 aromatic rings. The van der Waals surface area contributed by atoms with Gasteiger partial charge in [-0.15, -0.1) is 0 Å². The molecule has 0 aliphatic carbocycles. The number of pyridine rings is 1. The Morgan fingerprint density at radius 2 is 1.89 bits per heavy atom. The summed E-state index contributed by atoms with van der Waals surface area (Å²) in [5.41, 5.74) is 1.53. The Hall–Kier alpha value is -1.09. The molecular weight excluding hydrogens is 260 g/mol. The Labute approximate surface area is 120 Å². The van der Waals surface area contributed by atoms with Crippen LogP contribution in [-0.4, -0.2) is 28.9 Å². The number of amides is 1. The molecular formula is C15H21ClN2O. The van der Waals surface area contributed by atoms with Gasteiger partial charge in [-0.1, -0.05) is 39.3 Å². The molecule has 19 heavy (non-hydrogen) atoms. The first-order valence-corrected chi connectivity index (χ1v) is 7.23. The largest absolute Gasteiger partial charge is 0.338 e. The lowest BCUT2D eigenvalue weighted by Crippen LogP contribution is -2.29. The summed E-state index contributed by atoms with van der Waals surface area (Å²) >= 11 is 6.02. The summed E-state index contributed by atoms with van der Waals surface area (Å²) in [4.78, 5) is 18.7. The van der Waals surface area contributed by atoms with E-state index in [1.807, 2.05) is 24.8 Å². The van der Waals surface area contributed by atoms with Gasteiger partial charge in [-0.3, -0.25) is 4.79 Å². The van der Waals surface area contributed by atoms with E-state index in [9.17, 15) is 4.79 Å². The van der Waals surface area contributed by atoms with Crippen LogP contribution in [-0.2, 0) is 0 Å². The number of carbonyl (C=O) groups is 1. The summed E-state index contributed by atoms with van der Waals surface area (Å²) in [6.07, 6.45) is 0. The van der Waals surface area contributed by atoms with Crippen LogP contribution in [0.2, 0.25) is 5.15 Å². The quantitative estimate of drug-likeness (QED) is 0.776. The zero-order valence-corrected chi connectivity index (χ0v) is 12.7. The molecule has 2 unspecified atom stereocenters. The summed E-state index contributed by atoms with van der Waals surface area (Å²) < 4.78 is 0. The van der Waals surface area contributed by atoms with Crippen molar-refractivity contribution in [2.75, 3.05) is 13.1 Å². The second kappa shape index (κ2) is 5.49. The number of hydrogen-bond acceptors (Lipinski definition) is 2. The van der Waals surface area contributed by atoms with Gasteiger partial charge in [0.05, 0.1) is 0 Å². The fourth-order valence-electron chi connectivity index (χ4n) is 2.41. The smallest absolute Gasteiger partial charge is 0.254 e. The molecule has 0 bridgehead atoms.